The van der Waals surface area contributed by atoms with Crippen molar-refractivity contribution in [2.45, 2.75) is 46.1 Å². The number of nitro groups is 1. The summed E-state index contributed by atoms with van der Waals surface area (Å²) in [5, 5.41) is 13.9. The Morgan fingerprint density at radius 3 is 2.41 bits per heavy atom. The van der Waals surface area contributed by atoms with Crippen LogP contribution in [0.5, 0.6) is 0 Å². The van der Waals surface area contributed by atoms with E-state index in [2.05, 4.69) is 26.1 Å². The Hall–Kier alpha value is -1.91. The number of nitro benzene ring substituents is 1. The molecule has 0 radical (unpaired) electrons. The summed E-state index contributed by atoms with van der Waals surface area (Å²) in [7, 11) is 0. The second kappa shape index (κ2) is 4.80. The molecule has 0 aromatic heterocycles. The van der Waals surface area contributed by atoms with Crippen molar-refractivity contribution in [2.75, 3.05) is 0 Å². The minimum Gasteiger partial charge on any atom is -0.348 e. The van der Waals surface area contributed by atoms with E-state index in [1.807, 2.05) is 0 Å². The number of rotatable bonds is 3. The second-order valence-corrected chi connectivity index (χ2v) is 7.63. The van der Waals surface area contributed by atoms with E-state index >= 15 is 0 Å². The highest BCUT2D eigenvalue weighted by molar-refractivity contribution is 5.94. The lowest BCUT2D eigenvalue weighted by Gasteiger charge is -2.43. The van der Waals surface area contributed by atoms with Gasteiger partial charge in [-0.3, -0.25) is 14.9 Å². The molecule has 3 rings (SSSR count). The van der Waals surface area contributed by atoms with E-state index in [0.29, 0.717) is 11.5 Å². The van der Waals surface area contributed by atoms with Crippen molar-refractivity contribution < 1.29 is 9.72 Å². The Bertz CT molecular complexity index is 619. The van der Waals surface area contributed by atoms with Crippen molar-refractivity contribution in [3.63, 3.8) is 0 Å². The lowest BCUT2D eigenvalue weighted by Crippen LogP contribution is -2.52. The molecule has 1 N–H and O–H groups in total. The second-order valence-electron chi connectivity index (χ2n) is 7.63. The molecular weight excluding hydrogens is 280 g/mol. The molecule has 1 amide bonds. The third-order valence-corrected chi connectivity index (χ3v) is 5.89. The van der Waals surface area contributed by atoms with Crippen molar-refractivity contribution in [3.8, 4) is 0 Å². The highest BCUT2D eigenvalue weighted by atomic mass is 16.6. The van der Waals surface area contributed by atoms with E-state index in [9.17, 15) is 14.9 Å². The standard InChI is InChI=1S/C17H22N2O3/c1-16(2)12-8-9-17(3,10-12)15(16)18-14(20)11-4-6-13(7-5-11)19(21)22/h4-7,12,15H,8-10H2,1-3H3,(H,18,20)/t12-,15-,17+/m0/s1. The first-order valence-electron chi connectivity index (χ1n) is 7.79. The zero-order valence-corrected chi connectivity index (χ0v) is 13.3. The number of fused-ring (bicyclic) bond motifs is 2. The number of nitrogens with zero attached hydrogens (tertiary/aromatic N) is 1. The summed E-state index contributed by atoms with van der Waals surface area (Å²) in [6.07, 6.45) is 3.57. The van der Waals surface area contributed by atoms with Gasteiger partial charge < -0.3 is 5.32 Å². The van der Waals surface area contributed by atoms with Crippen LogP contribution in [0.4, 0.5) is 5.69 Å². The summed E-state index contributed by atoms with van der Waals surface area (Å²) in [5.41, 5.74) is 0.755. The molecule has 118 valence electrons. The number of hydrogen-bond acceptors (Lipinski definition) is 3. The van der Waals surface area contributed by atoms with Crippen molar-refractivity contribution >= 4 is 11.6 Å². The van der Waals surface area contributed by atoms with Crippen LogP contribution in [-0.2, 0) is 0 Å². The SMILES string of the molecule is CC1(C)[C@H]2CC[C@](C)(C2)[C@H]1NC(=O)c1ccc([N+](=O)[O-])cc1. The average Bonchev–Trinajstić information content (AvgIpc) is 2.94. The normalized spacial score (nSPS) is 32.0. The minimum atomic E-state index is -0.457. The van der Waals surface area contributed by atoms with Gasteiger partial charge in [-0.2, -0.15) is 0 Å². The van der Waals surface area contributed by atoms with E-state index in [4.69, 9.17) is 0 Å². The van der Waals surface area contributed by atoms with Gasteiger partial charge >= 0.3 is 0 Å². The van der Waals surface area contributed by atoms with Crippen LogP contribution in [0.3, 0.4) is 0 Å². The Morgan fingerprint density at radius 2 is 1.91 bits per heavy atom. The maximum atomic E-state index is 12.5. The van der Waals surface area contributed by atoms with Crippen molar-refractivity contribution in [3.05, 3.63) is 39.9 Å². The van der Waals surface area contributed by atoms with Crippen LogP contribution in [0.15, 0.2) is 24.3 Å². The molecule has 5 heteroatoms. The van der Waals surface area contributed by atoms with E-state index in [0.717, 1.165) is 6.42 Å². The predicted octanol–water partition coefficient (Wildman–Crippen LogP) is 3.54. The zero-order valence-electron chi connectivity index (χ0n) is 13.3. The molecule has 0 unspecified atom stereocenters. The van der Waals surface area contributed by atoms with Crippen LogP contribution in [-0.4, -0.2) is 16.9 Å². The van der Waals surface area contributed by atoms with Gasteiger partial charge in [0.1, 0.15) is 0 Å². The summed E-state index contributed by atoms with van der Waals surface area (Å²) < 4.78 is 0. The van der Waals surface area contributed by atoms with E-state index < -0.39 is 4.92 Å². The molecular formula is C17H22N2O3. The molecule has 3 atom stereocenters. The van der Waals surface area contributed by atoms with E-state index in [1.54, 1.807) is 0 Å². The fourth-order valence-electron chi connectivity index (χ4n) is 4.61. The molecule has 5 nitrogen and oxygen atoms in total. The van der Waals surface area contributed by atoms with Gasteiger partial charge in [0.15, 0.2) is 0 Å². The van der Waals surface area contributed by atoms with Gasteiger partial charge in [-0.1, -0.05) is 20.8 Å². The molecule has 0 spiro atoms. The van der Waals surface area contributed by atoms with Crippen LogP contribution < -0.4 is 5.32 Å². The monoisotopic (exact) mass is 302 g/mol. The molecule has 2 saturated carbocycles. The Balaban J connectivity index is 1.78. The third kappa shape index (κ3) is 2.19. The van der Waals surface area contributed by atoms with Crippen LogP contribution >= 0.6 is 0 Å². The number of amides is 1. The molecule has 2 aliphatic carbocycles. The molecule has 22 heavy (non-hydrogen) atoms. The summed E-state index contributed by atoms with van der Waals surface area (Å²) in [5.74, 6) is 0.529. The predicted molar refractivity (Wildman–Crippen MR) is 83.6 cm³/mol. The number of nitrogens with one attached hydrogen (secondary N) is 1. The third-order valence-electron chi connectivity index (χ3n) is 5.89. The Labute approximate surface area is 130 Å². The first-order valence-corrected chi connectivity index (χ1v) is 7.79. The van der Waals surface area contributed by atoms with Gasteiger partial charge in [0.05, 0.1) is 4.92 Å². The first kappa shape index (κ1) is 15.0. The highest BCUT2D eigenvalue weighted by Gasteiger charge is 2.59. The van der Waals surface area contributed by atoms with Crippen LogP contribution in [0.25, 0.3) is 0 Å². The Morgan fingerprint density at radius 1 is 1.27 bits per heavy atom. The summed E-state index contributed by atoms with van der Waals surface area (Å²) in [6.45, 7) is 6.74. The molecule has 1 aromatic rings. The van der Waals surface area contributed by atoms with Crippen LogP contribution in [0.2, 0.25) is 0 Å². The van der Waals surface area contributed by atoms with Gasteiger partial charge in [0.25, 0.3) is 11.6 Å². The van der Waals surface area contributed by atoms with Gasteiger partial charge in [-0.15, -0.1) is 0 Å². The number of hydrogen-bond donors (Lipinski definition) is 1. The van der Waals surface area contributed by atoms with E-state index in [1.165, 1.54) is 37.1 Å². The zero-order chi connectivity index (χ0) is 16.1. The van der Waals surface area contributed by atoms with Crippen LogP contribution in [0.1, 0.15) is 50.4 Å². The first-order chi connectivity index (χ1) is 10.2. The number of carbonyl (C=O) groups is 1. The molecule has 0 aliphatic heterocycles. The maximum absolute atomic E-state index is 12.5. The topological polar surface area (TPSA) is 72.2 Å². The van der Waals surface area contributed by atoms with Gasteiger partial charge in [-0.25, -0.2) is 0 Å². The minimum absolute atomic E-state index is 0.00349. The van der Waals surface area contributed by atoms with E-state index in [-0.39, 0.29) is 28.5 Å². The van der Waals surface area contributed by atoms with Crippen molar-refractivity contribution in [2.24, 2.45) is 16.7 Å². The van der Waals surface area contributed by atoms with Gasteiger partial charge in [-0.05, 0) is 48.1 Å². The molecule has 1 aromatic carbocycles. The maximum Gasteiger partial charge on any atom is 0.269 e. The van der Waals surface area contributed by atoms with Crippen molar-refractivity contribution in [1.29, 1.82) is 0 Å². The smallest absolute Gasteiger partial charge is 0.269 e. The molecule has 2 aliphatic rings. The Kier molecular flexibility index (Phi) is 3.27. The number of benzene rings is 1. The quantitative estimate of drug-likeness (QED) is 0.685. The van der Waals surface area contributed by atoms with Crippen molar-refractivity contribution in [1.82, 2.24) is 5.32 Å². The highest BCUT2D eigenvalue weighted by Crippen LogP contribution is 2.62. The number of carbonyl (C=O) groups excluding carboxylic acids is 1. The largest absolute Gasteiger partial charge is 0.348 e. The summed E-state index contributed by atoms with van der Waals surface area (Å²) >= 11 is 0. The average molecular weight is 302 g/mol. The molecule has 2 fully saturated rings. The summed E-state index contributed by atoms with van der Waals surface area (Å²) in [6, 6.07) is 5.96. The summed E-state index contributed by atoms with van der Waals surface area (Å²) in [4.78, 5) is 22.7. The van der Waals surface area contributed by atoms with Crippen LogP contribution in [0, 0.1) is 26.9 Å². The molecule has 2 bridgehead atoms. The fraction of sp³-hybridized carbons (Fsp3) is 0.588. The van der Waals surface area contributed by atoms with Gasteiger partial charge in [0, 0.05) is 23.7 Å². The van der Waals surface area contributed by atoms with Gasteiger partial charge in [0.2, 0.25) is 0 Å². The lowest BCUT2D eigenvalue weighted by molar-refractivity contribution is -0.384. The molecule has 0 saturated heterocycles. The lowest BCUT2D eigenvalue weighted by atomic mass is 9.68. The number of non-ortho nitro benzene ring substituents is 1. The molecule has 0 heterocycles. The fourth-order valence-corrected chi connectivity index (χ4v) is 4.61.